The van der Waals surface area contributed by atoms with Gasteiger partial charge in [0.2, 0.25) is 0 Å². The van der Waals surface area contributed by atoms with Crippen molar-refractivity contribution >= 4 is 17.2 Å². The number of aromatic nitrogens is 3. The number of carbonyl (C=O) groups is 1. The molecule has 1 amide bonds. The average Bonchev–Trinajstić information content (AvgIpc) is 2.78. The fourth-order valence-corrected chi connectivity index (χ4v) is 1.90. The number of fused-ring (bicyclic) bond motifs is 1. The van der Waals surface area contributed by atoms with Crippen LogP contribution in [0.4, 0.5) is 10.1 Å². The van der Waals surface area contributed by atoms with Crippen LogP contribution in [-0.2, 0) is 0 Å². The van der Waals surface area contributed by atoms with Crippen LogP contribution in [0.2, 0.25) is 0 Å². The van der Waals surface area contributed by atoms with Gasteiger partial charge in [-0.3, -0.25) is 4.79 Å². The molecule has 2 aromatic heterocycles. The van der Waals surface area contributed by atoms with Crippen LogP contribution >= 0.6 is 0 Å². The van der Waals surface area contributed by atoms with Crippen molar-refractivity contribution in [1.82, 2.24) is 14.6 Å². The van der Waals surface area contributed by atoms with Crippen molar-refractivity contribution in [2.24, 2.45) is 0 Å². The second-order valence-corrected chi connectivity index (χ2v) is 4.34. The van der Waals surface area contributed by atoms with Crippen LogP contribution in [0.5, 0.6) is 0 Å². The SMILES string of the molecule is Cc1nc2ccc(NC(=O)c3cccc(F)c3)cn2n1. The molecular formula is C14H11FN4O. The zero-order valence-corrected chi connectivity index (χ0v) is 10.7. The van der Waals surface area contributed by atoms with Crippen molar-refractivity contribution < 1.29 is 9.18 Å². The van der Waals surface area contributed by atoms with Gasteiger partial charge in [0.05, 0.1) is 11.9 Å². The van der Waals surface area contributed by atoms with Crippen molar-refractivity contribution in [3.63, 3.8) is 0 Å². The largest absolute Gasteiger partial charge is 0.321 e. The summed E-state index contributed by atoms with van der Waals surface area (Å²) in [6.45, 7) is 1.79. The molecule has 20 heavy (non-hydrogen) atoms. The maximum Gasteiger partial charge on any atom is 0.255 e. The zero-order valence-electron chi connectivity index (χ0n) is 10.7. The lowest BCUT2D eigenvalue weighted by atomic mass is 10.2. The lowest BCUT2D eigenvalue weighted by Crippen LogP contribution is -2.12. The van der Waals surface area contributed by atoms with Crippen LogP contribution < -0.4 is 5.32 Å². The first kappa shape index (κ1) is 12.3. The van der Waals surface area contributed by atoms with Gasteiger partial charge >= 0.3 is 0 Å². The molecule has 5 nitrogen and oxygen atoms in total. The number of rotatable bonds is 2. The highest BCUT2D eigenvalue weighted by atomic mass is 19.1. The molecule has 0 atom stereocenters. The van der Waals surface area contributed by atoms with Gasteiger partial charge in [-0.1, -0.05) is 6.07 Å². The van der Waals surface area contributed by atoms with Crippen molar-refractivity contribution in [3.8, 4) is 0 Å². The van der Waals surface area contributed by atoms with Gasteiger partial charge in [-0.25, -0.2) is 13.9 Å². The maximum absolute atomic E-state index is 13.1. The molecule has 1 aromatic carbocycles. The van der Waals surface area contributed by atoms with Gasteiger partial charge in [-0.05, 0) is 37.3 Å². The second kappa shape index (κ2) is 4.73. The third-order valence-corrected chi connectivity index (χ3v) is 2.78. The van der Waals surface area contributed by atoms with Crippen molar-refractivity contribution in [1.29, 1.82) is 0 Å². The molecule has 3 rings (SSSR count). The molecule has 3 aromatic rings. The summed E-state index contributed by atoms with van der Waals surface area (Å²) in [5.41, 5.74) is 1.53. The summed E-state index contributed by atoms with van der Waals surface area (Å²) < 4.78 is 14.7. The van der Waals surface area contributed by atoms with Crippen LogP contribution in [0.1, 0.15) is 16.2 Å². The predicted molar refractivity (Wildman–Crippen MR) is 72.1 cm³/mol. The Morgan fingerprint density at radius 3 is 2.95 bits per heavy atom. The van der Waals surface area contributed by atoms with E-state index in [-0.39, 0.29) is 11.5 Å². The number of nitrogens with zero attached hydrogens (tertiary/aromatic N) is 3. The molecule has 2 heterocycles. The Labute approximate surface area is 114 Å². The molecule has 0 aliphatic heterocycles. The number of carbonyl (C=O) groups excluding carboxylic acids is 1. The molecule has 0 saturated heterocycles. The van der Waals surface area contributed by atoms with E-state index in [0.29, 0.717) is 17.2 Å². The molecule has 0 unspecified atom stereocenters. The number of amides is 1. The minimum atomic E-state index is -0.444. The molecule has 0 spiro atoms. The molecule has 6 heteroatoms. The predicted octanol–water partition coefficient (Wildman–Crippen LogP) is 2.43. The molecule has 100 valence electrons. The minimum Gasteiger partial charge on any atom is -0.321 e. The maximum atomic E-state index is 13.1. The standard InChI is InChI=1S/C14H11FN4O/c1-9-16-13-6-5-12(8-19(13)18-9)17-14(20)10-3-2-4-11(15)7-10/h2-8H,1H3,(H,17,20). The Balaban J connectivity index is 1.87. The van der Waals surface area contributed by atoms with Crippen LogP contribution in [0.3, 0.4) is 0 Å². The average molecular weight is 270 g/mol. The fourth-order valence-electron chi connectivity index (χ4n) is 1.90. The number of pyridine rings is 1. The van der Waals surface area contributed by atoms with E-state index in [9.17, 15) is 9.18 Å². The highest BCUT2D eigenvalue weighted by Gasteiger charge is 2.08. The van der Waals surface area contributed by atoms with Gasteiger partial charge in [0, 0.05) is 5.56 Å². The molecule has 0 aliphatic rings. The molecule has 1 N–H and O–H groups in total. The Kier molecular flexibility index (Phi) is 2.90. The summed E-state index contributed by atoms with van der Waals surface area (Å²) in [7, 11) is 0. The van der Waals surface area contributed by atoms with E-state index < -0.39 is 5.82 Å². The van der Waals surface area contributed by atoms with Gasteiger partial charge in [0.1, 0.15) is 11.6 Å². The Morgan fingerprint density at radius 2 is 2.15 bits per heavy atom. The molecule has 0 saturated carbocycles. The van der Waals surface area contributed by atoms with Crippen molar-refractivity contribution in [2.75, 3.05) is 5.32 Å². The lowest BCUT2D eigenvalue weighted by molar-refractivity contribution is 0.102. The summed E-state index contributed by atoms with van der Waals surface area (Å²) >= 11 is 0. The minimum absolute atomic E-state index is 0.264. The van der Waals surface area contributed by atoms with Crippen molar-refractivity contribution in [3.05, 3.63) is 59.8 Å². The third-order valence-electron chi connectivity index (χ3n) is 2.78. The number of hydrogen-bond acceptors (Lipinski definition) is 3. The summed E-state index contributed by atoms with van der Waals surface area (Å²) in [6.07, 6.45) is 1.66. The highest BCUT2D eigenvalue weighted by molar-refractivity contribution is 6.04. The highest BCUT2D eigenvalue weighted by Crippen LogP contribution is 2.12. The number of aryl methyl sites for hydroxylation is 1. The van der Waals surface area contributed by atoms with Crippen molar-refractivity contribution in [2.45, 2.75) is 6.92 Å². The number of benzene rings is 1. The Bertz CT molecular complexity index is 797. The fraction of sp³-hybridized carbons (Fsp3) is 0.0714. The second-order valence-electron chi connectivity index (χ2n) is 4.34. The number of anilines is 1. The van der Waals surface area contributed by atoms with Crippen LogP contribution in [0, 0.1) is 12.7 Å². The Hall–Kier alpha value is -2.76. The summed E-state index contributed by atoms with van der Waals surface area (Å²) in [5.74, 6) is -0.167. The van der Waals surface area contributed by atoms with Gasteiger partial charge < -0.3 is 5.32 Å². The molecule has 0 bridgehead atoms. The molecule has 0 aliphatic carbocycles. The Morgan fingerprint density at radius 1 is 1.30 bits per heavy atom. The van der Waals surface area contributed by atoms with E-state index in [1.165, 1.54) is 18.2 Å². The number of halogens is 1. The summed E-state index contributed by atoms with van der Waals surface area (Å²) in [4.78, 5) is 16.2. The monoisotopic (exact) mass is 270 g/mol. The molecule has 0 radical (unpaired) electrons. The summed E-state index contributed by atoms with van der Waals surface area (Å²) in [6, 6.07) is 9.00. The third kappa shape index (κ3) is 2.35. The van der Waals surface area contributed by atoms with E-state index >= 15 is 0 Å². The van der Waals surface area contributed by atoms with E-state index in [1.54, 1.807) is 35.8 Å². The van der Waals surface area contributed by atoms with Gasteiger partial charge in [0.25, 0.3) is 5.91 Å². The quantitative estimate of drug-likeness (QED) is 0.778. The zero-order chi connectivity index (χ0) is 14.1. The first-order valence-corrected chi connectivity index (χ1v) is 6.02. The van der Waals surface area contributed by atoms with Crippen LogP contribution in [0.15, 0.2) is 42.6 Å². The van der Waals surface area contributed by atoms with E-state index in [2.05, 4.69) is 15.4 Å². The smallest absolute Gasteiger partial charge is 0.255 e. The van der Waals surface area contributed by atoms with Crippen LogP contribution in [-0.4, -0.2) is 20.5 Å². The summed E-state index contributed by atoms with van der Waals surface area (Å²) in [5, 5.41) is 6.85. The van der Waals surface area contributed by atoms with E-state index in [1.807, 2.05) is 0 Å². The first-order chi connectivity index (χ1) is 9.61. The van der Waals surface area contributed by atoms with E-state index in [0.717, 1.165) is 0 Å². The van der Waals surface area contributed by atoms with Gasteiger partial charge in [0.15, 0.2) is 5.65 Å². The molecular weight excluding hydrogens is 259 g/mol. The topological polar surface area (TPSA) is 59.3 Å². The normalized spacial score (nSPS) is 10.7. The molecule has 0 fully saturated rings. The van der Waals surface area contributed by atoms with Gasteiger partial charge in [-0.15, -0.1) is 0 Å². The number of hydrogen-bond donors (Lipinski definition) is 1. The van der Waals surface area contributed by atoms with E-state index in [4.69, 9.17) is 0 Å². The van der Waals surface area contributed by atoms with Gasteiger partial charge in [-0.2, -0.15) is 5.10 Å². The number of nitrogens with one attached hydrogen (secondary N) is 1. The lowest BCUT2D eigenvalue weighted by Gasteiger charge is -2.05. The first-order valence-electron chi connectivity index (χ1n) is 6.02. The van der Waals surface area contributed by atoms with Crippen LogP contribution in [0.25, 0.3) is 5.65 Å².